The van der Waals surface area contributed by atoms with Gasteiger partial charge in [-0.3, -0.25) is 9.69 Å². The first-order chi connectivity index (χ1) is 11.7. The molecule has 1 amide bonds. The Labute approximate surface area is 142 Å². The SMILES string of the molecule is CC(CC(=O)NCc1ccccc1-n1ccnc1)N1CCOCC1. The first-order valence-electron chi connectivity index (χ1n) is 8.39. The number of amides is 1. The second kappa shape index (κ2) is 8.08. The van der Waals surface area contributed by atoms with Crippen molar-refractivity contribution < 1.29 is 9.53 Å². The van der Waals surface area contributed by atoms with E-state index < -0.39 is 0 Å². The molecule has 3 rings (SSSR count). The summed E-state index contributed by atoms with van der Waals surface area (Å²) in [4.78, 5) is 18.7. The summed E-state index contributed by atoms with van der Waals surface area (Å²) in [5, 5.41) is 3.04. The number of nitrogens with zero attached hydrogens (tertiary/aromatic N) is 3. The third kappa shape index (κ3) is 4.21. The van der Waals surface area contributed by atoms with Crippen molar-refractivity contribution in [2.24, 2.45) is 0 Å². The molecule has 2 aromatic rings. The normalized spacial score (nSPS) is 16.7. The smallest absolute Gasteiger partial charge is 0.221 e. The average molecular weight is 328 g/mol. The molecule has 6 nitrogen and oxygen atoms in total. The van der Waals surface area contributed by atoms with Crippen LogP contribution in [-0.2, 0) is 16.1 Å². The van der Waals surface area contributed by atoms with Gasteiger partial charge in [0.15, 0.2) is 0 Å². The number of hydrogen-bond acceptors (Lipinski definition) is 4. The van der Waals surface area contributed by atoms with Gasteiger partial charge in [0.05, 0.1) is 25.2 Å². The van der Waals surface area contributed by atoms with Gasteiger partial charge in [-0.2, -0.15) is 0 Å². The summed E-state index contributed by atoms with van der Waals surface area (Å²) in [5.41, 5.74) is 2.11. The molecule has 1 aliphatic heterocycles. The van der Waals surface area contributed by atoms with Gasteiger partial charge in [-0.05, 0) is 18.6 Å². The van der Waals surface area contributed by atoms with E-state index in [1.165, 1.54) is 0 Å². The highest BCUT2D eigenvalue weighted by atomic mass is 16.5. The standard InChI is InChI=1S/C18H24N4O2/c1-15(21-8-10-24-11-9-21)12-18(23)20-13-16-4-2-3-5-17(16)22-7-6-19-14-22/h2-7,14-15H,8-13H2,1H3,(H,20,23). The van der Waals surface area contributed by atoms with Crippen molar-refractivity contribution in [3.05, 3.63) is 48.5 Å². The van der Waals surface area contributed by atoms with Crippen molar-refractivity contribution in [2.75, 3.05) is 26.3 Å². The van der Waals surface area contributed by atoms with Crippen LogP contribution in [0.4, 0.5) is 0 Å². The number of carbonyl (C=O) groups excluding carboxylic acids is 1. The second-order valence-electron chi connectivity index (χ2n) is 6.08. The summed E-state index contributed by atoms with van der Waals surface area (Å²) in [6.07, 6.45) is 5.93. The predicted molar refractivity (Wildman–Crippen MR) is 91.9 cm³/mol. The van der Waals surface area contributed by atoms with Crippen LogP contribution in [0.15, 0.2) is 43.0 Å². The fraction of sp³-hybridized carbons (Fsp3) is 0.444. The third-order valence-corrected chi connectivity index (χ3v) is 4.40. The lowest BCUT2D eigenvalue weighted by molar-refractivity contribution is -0.122. The van der Waals surface area contributed by atoms with Crippen LogP contribution < -0.4 is 5.32 Å². The zero-order chi connectivity index (χ0) is 16.8. The van der Waals surface area contributed by atoms with Crippen LogP contribution in [0.25, 0.3) is 5.69 Å². The highest BCUT2D eigenvalue weighted by Gasteiger charge is 2.19. The molecule has 6 heteroatoms. The molecule has 1 aromatic carbocycles. The summed E-state index contributed by atoms with van der Waals surface area (Å²) in [5.74, 6) is 0.0782. The number of hydrogen-bond donors (Lipinski definition) is 1. The number of carbonyl (C=O) groups is 1. The van der Waals surface area contributed by atoms with Crippen molar-refractivity contribution in [3.8, 4) is 5.69 Å². The number of benzene rings is 1. The molecule has 1 aliphatic rings. The molecule has 0 bridgehead atoms. The Morgan fingerprint density at radius 3 is 2.88 bits per heavy atom. The van der Waals surface area contributed by atoms with Gasteiger partial charge in [0, 0.05) is 44.5 Å². The van der Waals surface area contributed by atoms with Crippen molar-refractivity contribution in [1.29, 1.82) is 0 Å². The fourth-order valence-corrected chi connectivity index (χ4v) is 3.00. The van der Waals surface area contributed by atoms with Crippen molar-refractivity contribution in [3.63, 3.8) is 0 Å². The maximum Gasteiger partial charge on any atom is 0.221 e. The Balaban J connectivity index is 1.55. The van der Waals surface area contributed by atoms with Gasteiger partial charge in [0.25, 0.3) is 0 Å². The average Bonchev–Trinajstić information content (AvgIpc) is 3.15. The largest absolute Gasteiger partial charge is 0.379 e. The number of para-hydroxylation sites is 1. The summed E-state index contributed by atoms with van der Waals surface area (Å²) in [7, 11) is 0. The van der Waals surface area contributed by atoms with E-state index in [2.05, 4.69) is 22.1 Å². The number of rotatable bonds is 6. The Hall–Kier alpha value is -2.18. The zero-order valence-corrected chi connectivity index (χ0v) is 14.0. The van der Waals surface area contributed by atoms with Gasteiger partial charge < -0.3 is 14.6 Å². The third-order valence-electron chi connectivity index (χ3n) is 4.40. The first-order valence-corrected chi connectivity index (χ1v) is 8.39. The monoisotopic (exact) mass is 328 g/mol. The Kier molecular flexibility index (Phi) is 5.61. The molecule has 0 saturated carbocycles. The van der Waals surface area contributed by atoms with Crippen LogP contribution in [-0.4, -0.2) is 52.7 Å². The summed E-state index contributed by atoms with van der Waals surface area (Å²) >= 11 is 0. The molecule has 2 heterocycles. The van der Waals surface area contributed by atoms with Gasteiger partial charge in [0.1, 0.15) is 0 Å². The fourth-order valence-electron chi connectivity index (χ4n) is 3.00. The Bertz CT molecular complexity index is 651. The molecular formula is C18H24N4O2. The Morgan fingerprint density at radius 2 is 2.12 bits per heavy atom. The first kappa shape index (κ1) is 16.7. The van der Waals surface area contributed by atoms with E-state index in [0.29, 0.717) is 13.0 Å². The summed E-state index contributed by atoms with van der Waals surface area (Å²) in [6, 6.07) is 8.26. The molecule has 1 N–H and O–H groups in total. The van der Waals surface area contributed by atoms with E-state index in [1.807, 2.05) is 35.0 Å². The number of morpholine rings is 1. The van der Waals surface area contributed by atoms with E-state index in [9.17, 15) is 4.79 Å². The lowest BCUT2D eigenvalue weighted by Crippen LogP contribution is -2.44. The van der Waals surface area contributed by atoms with E-state index in [1.54, 1.807) is 12.5 Å². The van der Waals surface area contributed by atoms with Crippen LogP contribution in [0, 0.1) is 0 Å². The molecule has 1 atom stereocenters. The van der Waals surface area contributed by atoms with E-state index in [4.69, 9.17) is 4.74 Å². The highest BCUT2D eigenvalue weighted by molar-refractivity contribution is 5.76. The maximum absolute atomic E-state index is 12.3. The van der Waals surface area contributed by atoms with Gasteiger partial charge in [0.2, 0.25) is 5.91 Å². The number of aromatic nitrogens is 2. The van der Waals surface area contributed by atoms with Crippen molar-refractivity contribution in [1.82, 2.24) is 19.8 Å². The molecule has 24 heavy (non-hydrogen) atoms. The molecular weight excluding hydrogens is 304 g/mol. The lowest BCUT2D eigenvalue weighted by Gasteiger charge is -2.31. The Morgan fingerprint density at radius 1 is 1.33 bits per heavy atom. The highest BCUT2D eigenvalue weighted by Crippen LogP contribution is 2.14. The number of nitrogens with one attached hydrogen (secondary N) is 1. The molecule has 0 spiro atoms. The molecule has 128 valence electrons. The minimum Gasteiger partial charge on any atom is -0.379 e. The number of imidazole rings is 1. The van der Waals surface area contributed by atoms with Gasteiger partial charge in [-0.1, -0.05) is 18.2 Å². The topological polar surface area (TPSA) is 59.4 Å². The molecule has 0 aliphatic carbocycles. The van der Waals surface area contributed by atoms with Gasteiger partial charge in [-0.15, -0.1) is 0 Å². The second-order valence-corrected chi connectivity index (χ2v) is 6.08. The van der Waals surface area contributed by atoms with Crippen LogP contribution in [0.1, 0.15) is 18.9 Å². The van der Waals surface area contributed by atoms with E-state index in [-0.39, 0.29) is 11.9 Å². The van der Waals surface area contributed by atoms with Crippen molar-refractivity contribution in [2.45, 2.75) is 25.9 Å². The molecule has 1 saturated heterocycles. The quantitative estimate of drug-likeness (QED) is 0.875. The van der Waals surface area contributed by atoms with Crippen LogP contribution in [0.2, 0.25) is 0 Å². The van der Waals surface area contributed by atoms with Crippen LogP contribution >= 0.6 is 0 Å². The predicted octanol–water partition coefficient (Wildman–Crippen LogP) is 1.60. The minimum atomic E-state index is 0.0782. The van der Waals surface area contributed by atoms with Crippen LogP contribution in [0.5, 0.6) is 0 Å². The van der Waals surface area contributed by atoms with Gasteiger partial charge >= 0.3 is 0 Å². The maximum atomic E-state index is 12.3. The van der Waals surface area contributed by atoms with E-state index in [0.717, 1.165) is 37.6 Å². The summed E-state index contributed by atoms with van der Waals surface area (Å²) < 4.78 is 7.32. The summed E-state index contributed by atoms with van der Waals surface area (Å²) in [6.45, 7) is 5.93. The molecule has 0 radical (unpaired) electrons. The molecule has 1 unspecified atom stereocenters. The van der Waals surface area contributed by atoms with Crippen LogP contribution in [0.3, 0.4) is 0 Å². The van der Waals surface area contributed by atoms with Gasteiger partial charge in [-0.25, -0.2) is 4.98 Å². The van der Waals surface area contributed by atoms with Crippen molar-refractivity contribution >= 4 is 5.91 Å². The number of ether oxygens (including phenoxy) is 1. The minimum absolute atomic E-state index is 0.0782. The molecule has 1 fully saturated rings. The lowest BCUT2D eigenvalue weighted by atomic mass is 10.1. The van der Waals surface area contributed by atoms with E-state index >= 15 is 0 Å². The molecule has 1 aromatic heterocycles. The zero-order valence-electron chi connectivity index (χ0n) is 14.0.